The molecule has 5 nitrogen and oxygen atoms in total. The van der Waals surface area contributed by atoms with E-state index >= 15 is 0 Å². The van der Waals surface area contributed by atoms with Crippen LogP contribution >= 0.6 is 0 Å². The van der Waals surface area contributed by atoms with Crippen LogP contribution in [0.5, 0.6) is 0 Å². The molecule has 21 heavy (non-hydrogen) atoms. The van der Waals surface area contributed by atoms with E-state index in [0.29, 0.717) is 6.54 Å². The van der Waals surface area contributed by atoms with Crippen molar-refractivity contribution in [1.82, 2.24) is 20.4 Å². The molecule has 2 rings (SSSR count). The van der Waals surface area contributed by atoms with E-state index in [1.54, 1.807) is 13.1 Å². The highest BCUT2D eigenvalue weighted by Gasteiger charge is 2.01. The second-order valence-corrected chi connectivity index (χ2v) is 4.55. The monoisotopic (exact) mass is 283 g/mol. The zero-order valence-corrected chi connectivity index (χ0v) is 12.3. The molecule has 1 aromatic carbocycles. The van der Waals surface area contributed by atoms with Crippen LogP contribution in [0.1, 0.15) is 5.56 Å². The van der Waals surface area contributed by atoms with Gasteiger partial charge in [-0.15, -0.1) is 6.58 Å². The average molecular weight is 283 g/mol. The van der Waals surface area contributed by atoms with Crippen LogP contribution in [0.4, 0.5) is 0 Å². The summed E-state index contributed by atoms with van der Waals surface area (Å²) < 4.78 is 1.89. The predicted octanol–water partition coefficient (Wildman–Crippen LogP) is 1.77. The highest BCUT2D eigenvalue weighted by molar-refractivity contribution is 5.79. The molecule has 1 aromatic heterocycles. The molecule has 5 heteroatoms. The second kappa shape index (κ2) is 7.89. The smallest absolute Gasteiger partial charge is 0.191 e. The Hall–Kier alpha value is -2.56. The maximum Gasteiger partial charge on any atom is 0.191 e. The van der Waals surface area contributed by atoms with Crippen molar-refractivity contribution in [2.24, 2.45) is 4.99 Å². The van der Waals surface area contributed by atoms with Crippen LogP contribution in [0.2, 0.25) is 0 Å². The molecule has 0 aliphatic carbocycles. The third-order valence-electron chi connectivity index (χ3n) is 3.00. The average Bonchev–Trinajstić information content (AvgIpc) is 3.00. The summed E-state index contributed by atoms with van der Waals surface area (Å²) in [5.74, 6) is 0.783. The summed E-state index contributed by atoms with van der Waals surface area (Å²) in [6.07, 6.45) is 6.64. The molecule has 0 aliphatic heterocycles. The lowest BCUT2D eigenvalue weighted by molar-refractivity contribution is 0.821. The maximum atomic E-state index is 4.38. The minimum Gasteiger partial charge on any atom is -0.356 e. The third-order valence-corrected chi connectivity index (χ3v) is 3.00. The van der Waals surface area contributed by atoms with Gasteiger partial charge in [0.1, 0.15) is 0 Å². The van der Waals surface area contributed by atoms with E-state index in [-0.39, 0.29) is 0 Å². The van der Waals surface area contributed by atoms with E-state index in [2.05, 4.69) is 33.5 Å². The van der Waals surface area contributed by atoms with Gasteiger partial charge in [-0.2, -0.15) is 5.10 Å². The van der Waals surface area contributed by atoms with Crippen molar-refractivity contribution >= 4 is 5.96 Å². The Labute approximate surface area is 125 Å². The van der Waals surface area contributed by atoms with Crippen molar-refractivity contribution in [2.45, 2.75) is 6.42 Å². The first-order valence-corrected chi connectivity index (χ1v) is 6.98. The van der Waals surface area contributed by atoms with Gasteiger partial charge in [-0.05, 0) is 24.1 Å². The lowest BCUT2D eigenvalue weighted by Gasteiger charge is -2.09. The van der Waals surface area contributed by atoms with Crippen LogP contribution in [0.25, 0.3) is 5.69 Å². The van der Waals surface area contributed by atoms with E-state index in [1.165, 1.54) is 5.56 Å². The fourth-order valence-electron chi connectivity index (χ4n) is 1.93. The minimum atomic E-state index is 0.700. The van der Waals surface area contributed by atoms with Crippen LogP contribution in [0.3, 0.4) is 0 Å². The lowest BCUT2D eigenvalue weighted by atomic mass is 10.2. The Kier molecular flexibility index (Phi) is 5.58. The Morgan fingerprint density at radius 2 is 2.14 bits per heavy atom. The highest BCUT2D eigenvalue weighted by Crippen LogP contribution is 2.07. The molecule has 1 heterocycles. The van der Waals surface area contributed by atoms with E-state index in [9.17, 15) is 0 Å². The van der Waals surface area contributed by atoms with Crippen molar-refractivity contribution in [3.63, 3.8) is 0 Å². The first kappa shape index (κ1) is 14.8. The van der Waals surface area contributed by atoms with E-state index in [4.69, 9.17) is 0 Å². The van der Waals surface area contributed by atoms with E-state index in [0.717, 1.165) is 24.6 Å². The number of para-hydroxylation sites is 1. The van der Waals surface area contributed by atoms with Gasteiger partial charge in [-0.1, -0.05) is 24.3 Å². The Morgan fingerprint density at radius 1 is 1.33 bits per heavy atom. The maximum absolute atomic E-state index is 4.38. The number of benzene rings is 1. The zero-order chi connectivity index (χ0) is 14.9. The summed E-state index contributed by atoms with van der Waals surface area (Å²) in [5, 5.41) is 10.8. The first-order valence-electron chi connectivity index (χ1n) is 6.98. The summed E-state index contributed by atoms with van der Waals surface area (Å²) in [5.41, 5.74) is 2.26. The molecular formula is C16H21N5. The van der Waals surface area contributed by atoms with Gasteiger partial charge in [0.25, 0.3) is 0 Å². The van der Waals surface area contributed by atoms with Crippen LogP contribution < -0.4 is 10.6 Å². The number of nitrogens with zero attached hydrogens (tertiary/aromatic N) is 3. The van der Waals surface area contributed by atoms with Crippen LogP contribution in [-0.2, 0) is 6.42 Å². The molecule has 0 saturated heterocycles. The summed E-state index contributed by atoms with van der Waals surface area (Å²) in [6, 6.07) is 10.1. The number of aromatic nitrogens is 2. The molecule has 0 bridgehead atoms. The second-order valence-electron chi connectivity index (χ2n) is 4.55. The number of hydrogen-bond acceptors (Lipinski definition) is 2. The van der Waals surface area contributed by atoms with Crippen molar-refractivity contribution in [2.75, 3.05) is 20.1 Å². The fraction of sp³-hybridized carbons (Fsp3) is 0.250. The molecular weight excluding hydrogens is 262 g/mol. The normalized spacial score (nSPS) is 11.2. The molecule has 0 fully saturated rings. The summed E-state index contributed by atoms with van der Waals surface area (Å²) in [6.45, 7) is 5.17. The Bertz CT molecular complexity index is 586. The third kappa shape index (κ3) is 4.49. The molecule has 2 N–H and O–H groups in total. The van der Waals surface area contributed by atoms with Crippen molar-refractivity contribution in [3.05, 3.63) is 60.9 Å². The van der Waals surface area contributed by atoms with Crippen molar-refractivity contribution < 1.29 is 0 Å². The van der Waals surface area contributed by atoms with Gasteiger partial charge in [-0.3, -0.25) is 4.99 Å². The summed E-state index contributed by atoms with van der Waals surface area (Å²) in [4.78, 5) is 4.14. The summed E-state index contributed by atoms with van der Waals surface area (Å²) in [7, 11) is 1.76. The quantitative estimate of drug-likeness (QED) is 0.482. The molecule has 0 aliphatic rings. The molecule has 0 spiro atoms. The molecule has 0 atom stereocenters. The number of aliphatic imine (C=N–C) groups is 1. The van der Waals surface area contributed by atoms with E-state index in [1.807, 2.05) is 41.2 Å². The fourth-order valence-corrected chi connectivity index (χ4v) is 1.93. The Morgan fingerprint density at radius 3 is 2.86 bits per heavy atom. The van der Waals surface area contributed by atoms with Crippen LogP contribution in [-0.4, -0.2) is 35.9 Å². The molecule has 0 saturated carbocycles. The van der Waals surface area contributed by atoms with Gasteiger partial charge in [-0.25, -0.2) is 4.68 Å². The SMILES string of the molecule is C=CCNC(=NC)NCCc1cnn(-c2ccccc2)c1. The molecule has 0 radical (unpaired) electrons. The standard InChI is InChI=1S/C16H21N5/c1-3-10-18-16(17-2)19-11-9-14-12-20-21(13-14)15-7-5-4-6-8-15/h3-8,12-13H,1,9-11H2,2H3,(H2,17,18,19). The molecule has 110 valence electrons. The van der Waals surface area contributed by atoms with Gasteiger partial charge in [0.05, 0.1) is 11.9 Å². The van der Waals surface area contributed by atoms with E-state index < -0.39 is 0 Å². The van der Waals surface area contributed by atoms with Gasteiger partial charge in [0.2, 0.25) is 0 Å². The van der Waals surface area contributed by atoms with Crippen molar-refractivity contribution in [3.8, 4) is 5.69 Å². The number of rotatable bonds is 6. The van der Waals surface area contributed by atoms with Gasteiger partial charge in [0, 0.05) is 26.3 Å². The van der Waals surface area contributed by atoms with Gasteiger partial charge >= 0.3 is 0 Å². The number of hydrogen-bond donors (Lipinski definition) is 2. The largest absolute Gasteiger partial charge is 0.356 e. The predicted molar refractivity (Wildman–Crippen MR) is 86.8 cm³/mol. The van der Waals surface area contributed by atoms with Gasteiger partial charge in [0.15, 0.2) is 5.96 Å². The molecule has 2 aromatic rings. The minimum absolute atomic E-state index is 0.700. The van der Waals surface area contributed by atoms with Crippen LogP contribution in [0.15, 0.2) is 60.4 Å². The highest BCUT2D eigenvalue weighted by atomic mass is 15.3. The first-order chi connectivity index (χ1) is 10.3. The van der Waals surface area contributed by atoms with Crippen LogP contribution in [0, 0.1) is 0 Å². The topological polar surface area (TPSA) is 54.2 Å². The lowest BCUT2D eigenvalue weighted by Crippen LogP contribution is -2.38. The Balaban J connectivity index is 1.85. The van der Waals surface area contributed by atoms with Gasteiger partial charge < -0.3 is 10.6 Å². The summed E-state index contributed by atoms with van der Waals surface area (Å²) >= 11 is 0. The zero-order valence-electron chi connectivity index (χ0n) is 12.3. The molecule has 0 unspecified atom stereocenters. The van der Waals surface area contributed by atoms with Crippen molar-refractivity contribution in [1.29, 1.82) is 0 Å². The molecule has 0 amide bonds. The number of guanidine groups is 1. The number of nitrogens with one attached hydrogen (secondary N) is 2.